The van der Waals surface area contributed by atoms with Gasteiger partial charge in [-0.1, -0.05) is 6.07 Å². The monoisotopic (exact) mass is 356 g/mol. The van der Waals surface area contributed by atoms with Crippen LogP contribution in [0.4, 0.5) is 4.39 Å². The first-order valence-electron chi connectivity index (χ1n) is 8.84. The zero-order valence-electron chi connectivity index (χ0n) is 14.4. The van der Waals surface area contributed by atoms with Crippen molar-refractivity contribution in [2.45, 2.75) is 31.2 Å². The van der Waals surface area contributed by atoms with Crippen molar-refractivity contribution in [3.8, 4) is 0 Å². The van der Waals surface area contributed by atoms with Gasteiger partial charge in [0.2, 0.25) is 0 Å². The molecule has 3 heterocycles. The molecule has 6 heteroatoms. The third-order valence-electron chi connectivity index (χ3n) is 4.98. The lowest BCUT2D eigenvalue weighted by Gasteiger charge is -2.53. The summed E-state index contributed by atoms with van der Waals surface area (Å²) >= 11 is 0. The lowest BCUT2D eigenvalue weighted by molar-refractivity contribution is -0.188. The van der Waals surface area contributed by atoms with Gasteiger partial charge in [0.1, 0.15) is 11.4 Å². The molecule has 136 valence electrons. The summed E-state index contributed by atoms with van der Waals surface area (Å²) < 4.78 is 25.0. The van der Waals surface area contributed by atoms with Gasteiger partial charge in [0.05, 0.1) is 31.5 Å². The number of carbonyl (C=O) groups is 1. The van der Waals surface area contributed by atoms with Crippen LogP contribution in [0.1, 0.15) is 28.9 Å². The number of hydrogen-bond acceptors (Lipinski definition) is 4. The number of likely N-dealkylation sites (tertiary alicyclic amines) is 1. The summed E-state index contributed by atoms with van der Waals surface area (Å²) in [4.78, 5) is 18.5. The SMILES string of the molecule is O=C(c1ccc(F)cc1)N1CC2(C[C@@H](OCc3ccccn3)CCO2)C1. The Kier molecular flexibility index (Phi) is 4.70. The Labute approximate surface area is 151 Å². The number of halogens is 1. The van der Waals surface area contributed by atoms with Crippen LogP contribution in [0.5, 0.6) is 0 Å². The normalized spacial score (nSPS) is 21.4. The number of aromatic nitrogens is 1. The van der Waals surface area contributed by atoms with Gasteiger partial charge in [-0.3, -0.25) is 9.78 Å². The molecular weight excluding hydrogens is 335 g/mol. The summed E-state index contributed by atoms with van der Waals surface area (Å²) in [5.74, 6) is -0.430. The fourth-order valence-corrected chi connectivity index (χ4v) is 3.60. The smallest absolute Gasteiger partial charge is 0.254 e. The van der Waals surface area contributed by atoms with E-state index in [9.17, 15) is 9.18 Å². The fourth-order valence-electron chi connectivity index (χ4n) is 3.60. The van der Waals surface area contributed by atoms with Crippen molar-refractivity contribution in [3.05, 3.63) is 65.7 Å². The van der Waals surface area contributed by atoms with Crippen LogP contribution in [0.25, 0.3) is 0 Å². The second-order valence-corrected chi connectivity index (χ2v) is 6.95. The number of benzene rings is 1. The van der Waals surface area contributed by atoms with Crippen molar-refractivity contribution in [1.82, 2.24) is 9.88 Å². The zero-order chi connectivity index (χ0) is 18.0. The highest BCUT2D eigenvalue weighted by molar-refractivity contribution is 5.94. The lowest BCUT2D eigenvalue weighted by Crippen LogP contribution is -2.67. The predicted molar refractivity (Wildman–Crippen MR) is 93.0 cm³/mol. The van der Waals surface area contributed by atoms with Crippen LogP contribution in [0.15, 0.2) is 48.7 Å². The summed E-state index contributed by atoms with van der Waals surface area (Å²) in [6, 6.07) is 11.4. The number of pyridine rings is 1. The Balaban J connectivity index is 1.31. The Morgan fingerprint density at radius 1 is 1.27 bits per heavy atom. The van der Waals surface area contributed by atoms with Gasteiger partial charge in [0, 0.05) is 24.8 Å². The number of carbonyl (C=O) groups excluding carboxylic acids is 1. The molecule has 1 aromatic carbocycles. The maximum Gasteiger partial charge on any atom is 0.254 e. The van der Waals surface area contributed by atoms with Crippen LogP contribution >= 0.6 is 0 Å². The molecule has 26 heavy (non-hydrogen) atoms. The van der Waals surface area contributed by atoms with E-state index in [1.165, 1.54) is 24.3 Å². The van der Waals surface area contributed by atoms with E-state index in [0.29, 0.717) is 31.9 Å². The maximum atomic E-state index is 13.0. The standard InChI is InChI=1S/C20H21FN2O3/c21-16-6-4-15(5-7-16)19(24)23-13-20(14-23)11-18(8-10-26-20)25-12-17-3-1-2-9-22-17/h1-7,9,18H,8,10-14H2/t18-/m0/s1. The molecule has 2 fully saturated rings. The molecule has 0 aliphatic carbocycles. The summed E-state index contributed by atoms with van der Waals surface area (Å²) in [6.45, 7) is 2.21. The average Bonchev–Trinajstić information content (AvgIpc) is 2.65. The van der Waals surface area contributed by atoms with Gasteiger partial charge in [-0.25, -0.2) is 4.39 Å². The van der Waals surface area contributed by atoms with Crippen molar-refractivity contribution in [2.75, 3.05) is 19.7 Å². The van der Waals surface area contributed by atoms with Crippen molar-refractivity contribution in [2.24, 2.45) is 0 Å². The van der Waals surface area contributed by atoms with Crippen molar-refractivity contribution in [3.63, 3.8) is 0 Å². The third-order valence-corrected chi connectivity index (χ3v) is 4.98. The van der Waals surface area contributed by atoms with Gasteiger partial charge in [0.25, 0.3) is 5.91 Å². The van der Waals surface area contributed by atoms with E-state index < -0.39 is 0 Å². The first kappa shape index (κ1) is 17.1. The molecule has 0 unspecified atom stereocenters. The Hall–Kier alpha value is -2.31. The van der Waals surface area contributed by atoms with Gasteiger partial charge < -0.3 is 14.4 Å². The van der Waals surface area contributed by atoms with E-state index in [0.717, 1.165) is 18.5 Å². The van der Waals surface area contributed by atoms with Gasteiger partial charge in [0.15, 0.2) is 0 Å². The van der Waals surface area contributed by atoms with Gasteiger partial charge in [-0.15, -0.1) is 0 Å². The molecule has 2 aliphatic heterocycles. The van der Waals surface area contributed by atoms with Gasteiger partial charge in [-0.2, -0.15) is 0 Å². The quantitative estimate of drug-likeness (QED) is 0.845. The highest BCUT2D eigenvalue weighted by Crippen LogP contribution is 2.36. The molecule has 0 bridgehead atoms. The second-order valence-electron chi connectivity index (χ2n) is 6.95. The Morgan fingerprint density at radius 3 is 2.81 bits per heavy atom. The highest BCUT2D eigenvalue weighted by Gasteiger charge is 2.49. The van der Waals surface area contributed by atoms with E-state index >= 15 is 0 Å². The van der Waals surface area contributed by atoms with E-state index in [1.54, 1.807) is 11.1 Å². The minimum atomic E-state index is -0.342. The number of ether oxygens (including phenoxy) is 2. The molecule has 4 rings (SSSR count). The van der Waals surface area contributed by atoms with Gasteiger partial charge >= 0.3 is 0 Å². The zero-order valence-corrected chi connectivity index (χ0v) is 14.4. The van der Waals surface area contributed by atoms with E-state index in [2.05, 4.69) is 4.98 Å². The molecule has 0 radical (unpaired) electrons. The minimum Gasteiger partial charge on any atom is -0.372 e. The number of hydrogen-bond donors (Lipinski definition) is 0. The van der Waals surface area contributed by atoms with Crippen LogP contribution < -0.4 is 0 Å². The van der Waals surface area contributed by atoms with Crippen molar-refractivity contribution >= 4 is 5.91 Å². The Morgan fingerprint density at radius 2 is 2.08 bits per heavy atom. The van der Waals surface area contributed by atoms with Crippen LogP contribution in [-0.4, -0.2) is 47.2 Å². The molecule has 1 atom stereocenters. The first-order valence-corrected chi connectivity index (χ1v) is 8.84. The number of rotatable bonds is 4. The summed E-state index contributed by atoms with van der Waals surface area (Å²) in [7, 11) is 0. The van der Waals surface area contributed by atoms with Crippen LogP contribution in [-0.2, 0) is 16.1 Å². The minimum absolute atomic E-state index is 0.0873. The van der Waals surface area contributed by atoms with Gasteiger partial charge in [-0.05, 0) is 42.8 Å². The van der Waals surface area contributed by atoms with Crippen LogP contribution in [0.3, 0.4) is 0 Å². The fraction of sp³-hybridized carbons (Fsp3) is 0.400. The van der Waals surface area contributed by atoms with E-state index in [-0.39, 0.29) is 23.4 Å². The summed E-state index contributed by atoms with van der Waals surface area (Å²) in [5.41, 5.74) is 1.10. The molecule has 1 aromatic heterocycles. The number of amides is 1. The molecule has 2 saturated heterocycles. The third kappa shape index (κ3) is 3.61. The molecule has 1 spiro atoms. The summed E-state index contributed by atoms with van der Waals surface area (Å²) in [5, 5.41) is 0. The molecule has 2 aromatic rings. The lowest BCUT2D eigenvalue weighted by atomic mass is 9.84. The molecular formula is C20H21FN2O3. The topological polar surface area (TPSA) is 51.7 Å². The van der Waals surface area contributed by atoms with Crippen LogP contribution in [0.2, 0.25) is 0 Å². The molecule has 1 amide bonds. The summed E-state index contributed by atoms with van der Waals surface area (Å²) in [6.07, 6.45) is 3.48. The molecule has 2 aliphatic rings. The van der Waals surface area contributed by atoms with E-state index in [4.69, 9.17) is 9.47 Å². The largest absolute Gasteiger partial charge is 0.372 e. The highest BCUT2D eigenvalue weighted by atomic mass is 19.1. The Bertz CT molecular complexity index is 760. The molecule has 0 N–H and O–H groups in total. The first-order chi connectivity index (χ1) is 12.6. The van der Waals surface area contributed by atoms with Crippen molar-refractivity contribution < 1.29 is 18.7 Å². The molecule has 5 nitrogen and oxygen atoms in total. The maximum absolute atomic E-state index is 13.0. The van der Waals surface area contributed by atoms with Crippen molar-refractivity contribution in [1.29, 1.82) is 0 Å². The second kappa shape index (κ2) is 7.13. The number of nitrogens with zero attached hydrogens (tertiary/aromatic N) is 2. The average molecular weight is 356 g/mol. The van der Waals surface area contributed by atoms with Crippen LogP contribution in [0, 0.1) is 5.82 Å². The molecule has 0 saturated carbocycles. The predicted octanol–water partition coefficient (Wildman–Crippen LogP) is 2.81. The van der Waals surface area contributed by atoms with E-state index in [1.807, 2.05) is 18.2 Å².